The fourth-order valence-electron chi connectivity index (χ4n) is 3.78. The van der Waals surface area contributed by atoms with Crippen LogP contribution < -0.4 is 5.32 Å². The molecule has 3 rings (SSSR count). The van der Waals surface area contributed by atoms with Crippen molar-refractivity contribution in [3.05, 3.63) is 27.8 Å². The van der Waals surface area contributed by atoms with Gasteiger partial charge in [-0.25, -0.2) is 0 Å². The molecule has 2 saturated carbocycles. The average molecular weight is 413 g/mol. The first kappa shape index (κ1) is 15.8. The van der Waals surface area contributed by atoms with Crippen LogP contribution in [0, 0.1) is 21.3 Å². The molecule has 1 amide bonds. The summed E-state index contributed by atoms with van der Waals surface area (Å²) >= 11 is 2.20. The van der Waals surface area contributed by atoms with E-state index in [1.807, 2.05) is 24.3 Å². The SMILES string of the molecule is O=C(COC(=O)C[C@H]1C[C@H]2CC[C@@H]1C2)Nc1ccc(I)cc1. The Kier molecular flexibility index (Phi) is 5.00. The number of ether oxygens (including phenoxy) is 1. The normalized spacial score (nSPS) is 26.0. The van der Waals surface area contributed by atoms with Crippen LogP contribution in [-0.4, -0.2) is 18.5 Å². The van der Waals surface area contributed by atoms with Gasteiger partial charge in [0.05, 0.1) is 0 Å². The predicted octanol–water partition coefficient (Wildman–Crippen LogP) is 3.60. The molecule has 2 aliphatic rings. The number of benzene rings is 1. The molecule has 0 radical (unpaired) electrons. The van der Waals surface area contributed by atoms with Crippen molar-refractivity contribution < 1.29 is 14.3 Å². The fraction of sp³-hybridized carbons (Fsp3) is 0.529. The van der Waals surface area contributed by atoms with Gasteiger partial charge in [0.15, 0.2) is 6.61 Å². The largest absolute Gasteiger partial charge is 0.456 e. The zero-order valence-corrected chi connectivity index (χ0v) is 14.5. The van der Waals surface area contributed by atoms with Crippen molar-refractivity contribution in [2.75, 3.05) is 11.9 Å². The third-order valence-electron chi connectivity index (χ3n) is 4.81. The Balaban J connectivity index is 1.39. The average Bonchev–Trinajstić information content (AvgIpc) is 3.10. The highest BCUT2D eigenvalue weighted by atomic mass is 127. The second-order valence-electron chi connectivity index (χ2n) is 6.35. The number of carbonyl (C=O) groups excluding carboxylic acids is 2. The molecule has 0 spiro atoms. The lowest BCUT2D eigenvalue weighted by Gasteiger charge is -2.20. The third-order valence-corrected chi connectivity index (χ3v) is 5.52. The number of anilines is 1. The van der Waals surface area contributed by atoms with Gasteiger partial charge >= 0.3 is 5.97 Å². The highest BCUT2D eigenvalue weighted by molar-refractivity contribution is 14.1. The minimum atomic E-state index is -0.289. The van der Waals surface area contributed by atoms with Crippen molar-refractivity contribution in [2.24, 2.45) is 17.8 Å². The van der Waals surface area contributed by atoms with Gasteiger partial charge in [-0.2, -0.15) is 0 Å². The molecular formula is C17H20INO3. The van der Waals surface area contributed by atoms with Gasteiger partial charge in [0.25, 0.3) is 5.91 Å². The number of hydrogen-bond acceptors (Lipinski definition) is 3. The smallest absolute Gasteiger partial charge is 0.306 e. The van der Waals surface area contributed by atoms with Crippen LogP contribution in [0.2, 0.25) is 0 Å². The number of fused-ring (bicyclic) bond motifs is 2. The molecular weight excluding hydrogens is 393 g/mol. The summed E-state index contributed by atoms with van der Waals surface area (Å²) in [7, 11) is 0. The zero-order valence-electron chi connectivity index (χ0n) is 12.4. The summed E-state index contributed by atoms with van der Waals surface area (Å²) in [6.45, 7) is -0.203. The van der Waals surface area contributed by atoms with E-state index in [0.29, 0.717) is 18.3 Å². The molecule has 0 heterocycles. The zero-order chi connectivity index (χ0) is 15.5. The molecule has 0 aliphatic heterocycles. The van der Waals surface area contributed by atoms with Gasteiger partial charge in [-0.1, -0.05) is 6.42 Å². The van der Waals surface area contributed by atoms with Crippen molar-refractivity contribution in [1.82, 2.24) is 0 Å². The number of amides is 1. The maximum Gasteiger partial charge on any atom is 0.306 e. The molecule has 0 aromatic heterocycles. The van der Waals surface area contributed by atoms with Crippen LogP contribution in [0.15, 0.2) is 24.3 Å². The van der Waals surface area contributed by atoms with E-state index in [9.17, 15) is 9.59 Å². The predicted molar refractivity (Wildman–Crippen MR) is 92.3 cm³/mol. The van der Waals surface area contributed by atoms with E-state index in [2.05, 4.69) is 27.9 Å². The first-order valence-electron chi connectivity index (χ1n) is 7.81. The molecule has 1 aromatic rings. The van der Waals surface area contributed by atoms with Gasteiger partial charge < -0.3 is 10.1 Å². The van der Waals surface area contributed by atoms with Gasteiger partial charge in [-0.15, -0.1) is 0 Å². The Bertz CT molecular complexity index is 558. The Morgan fingerprint density at radius 3 is 2.59 bits per heavy atom. The van der Waals surface area contributed by atoms with E-state index in [0.717, 1.165) is 21.6 Å². The number of halogens is 1. The van der Waals surface area contributed by atoms with Crippen LogP contribution in [-0.2, 0) is 14.3 Å². The van der Waals surface area contributed by atoms with E-state index in [-0.39, 0.29) is 18.5 Å². The molecule has 22 heavy (non-hydrogen) atoms. The Hall–Kier alpha value is -1.11. The first-order valence-corrected chi connectivity index (χ1v) is 8.89. The Labute approximate surface area is 144 Å². The van der Waals surface area contributed by atoms with E-state index < -0.39 is 0 Å². The summed E-state index contributed by atoms with van der Waals surface area (Å²) in [6, 6.07) is 7.49. The fourth-order valence-corrected chi connectivity index (χ4v) is 4.14. The lowest BCUT2D eigenvalue weighted by atomic mass is 9.86. The minimum Gasteiger partial charge on any atom is -0.456 e. The van der Waals surface area contributed by atoms with Crippen LogP contribution in [0.3, 0.4) is 0 Å². The number of carbonyl (C=O) groups is 2. The first-order chi connectivity index (χ1) is 10.6. The van der Waals surface area contributed by atoms with Crippen LogP contribution in [0.4, 0.5) is 5.69 Å². The van der Waals surface area contributed by atoms with Gasteiger partial charge in [-0.05, 0) is 83.9 Å². The monoisotopic (exact) mass is 413 g/mol. The van der Waals surface area contributed by atoms with Crippen LogP contribution in [0.5, 0.6) is 0 Å². The molecule has 1 aromatic carbocycles. The van der Waals surface area contributed by atoms with E-state index >= 15 is 0 Å². The molecule has 0 unspecified atom stereocenters. The van der Waals surface area contributed by atoms with Gasteiger partial charge in [0.2, 0.25) is 0 Å². The molecule has 118 valence electrons. The van der Waals surface area contributed by atoms with E-state index in [1.54, 1.807) is 0 Å². The summed E-state index contributed by atoms with van der Waals surface area (Å²) < 4.78 is 6.22. The maximum absolute atomic E-state index is 11.9. The molecule has 2 bridgehead atoms. The minimum absolute atomic E-state index is 0.203. The van der Waals surface area contributed by atoms with Crippen LogP contribution >= 0.6 is 22.6 Å². The molecule has 2 fully saturated rings. The van der Waals surface area contributed by atoms with Crippen molar-refractivity contribution in [3.63, 3.8) is 0 Å². The van der Waals surface area contributed by atoms with Crippen molar-refractivity contribution in [1.29, 1.82) is 0 Å². The third kappa shape index (κ3) is 4.00. The van der Waals surface area contributed by atoms with Gasteiger partial charge in [-0.3, -0.25) is 9.59 Å². The second-order valence-corrected chi connectivity index (χ2v) is 7.60. The Morgan fingerprint density at radius 1 is 1.18 bits per heavy atom. The second kappa shape index (κ2) is 6.98. The van der Waals surface area contributed by atoms with Crippen LogP contribution in [0.1, 0.15) is 32.1 Å². The van der Waals surface area contributed by atoms with E-state index in [4.69, 9.17) is 4.74 Å². The highest BCUT2D eigenvalue weighted by Gasteiger charge is 2.40. The Morgan fingerprint density at radius 2 is 1.95 bits per heavy atom. The lowest BCUT2D eigenvalue weighted by Crippen LogP contribution is -2.23. The number of hydrogen-bond donors (Lipinski definition) is 1. The number of esters is 1. The van der Waals surface area contributed by atoms with Gasteiger partial charge in [0, 0.05) is 15.7 Å². The molecule has 2 aliphatic carbocycles. The van der Waals surface area contributed by atoms with Crippen molar-refractivity contribution in [3.8, 4) is 0 Å². The van der Waals surface area contributed by atoms with Crippen LogP contribution in [0.25, 0.3) is 0 Å². The summed E-state index contributed by atoms with van der Waals surface area (Å²) in [5.41, 5.74) is 0.717. The van der Waals surface area contributed by atoms with Crippen molar-refractivity contribution in [2.45, 2.75) is 32.1 Å². The summed E-state index contributed by atoms with van der Waals surface area (Å²) in [4.78, 5) is 23.7. The summed E-state index contributed by atoms with van der Waals surface area (Å²) in [6.07, 6.45) is 5.50. The summed E-state index contributed by atoms with van der Waals surface area (Å²) in [5, 5.41) is 2.73. The quantitative estimate of drug-likeness (QED) is 0.593. The number of nitrogens with one attached hydrogen (secondary N) is 1. The highest BCUT2D eigenvalue weighted by Crippen LogP contribution is 2.49. The lowest BCUT2D eigenvalue weighted by molar-refractivity contribution is -0.148. The topological polar surface area (TPSA) is 55.4 Å². The van der Waals surface area contributed by atoms with E-state index in [1.165, 1.54) is 19.3 Å². The maximum atomic E-state index is 11.9. The number of rotatable bonds is 5. The molecule has 5 heteroatoms. The van der Waals surface area contributed by atoms with Gasteiger partial charge in [0.1, 0.15) is 0 Å². The molecule has 3 atom stereocenters. The standard InChI is InChI=1S/C17H20INO3/c18-14-3-5-15(6-4-14)19-16(20)10-22-17(21)9-13-8-11-1-2-12(13)7-11/h3-6,11-13H,1-2,7-10H2,(H,19,20)/t11-,12+,13+/m0/s1. The summed E-state index contributed by atoms with van der Waals surface area (Å²) in [5.74, 6) is 1.48. The molecule has 1 N–H and O–H groups in total. The molecule has 4 nitrogen and oxygen atoms in total. The molecule has 0 saturated heterocycles. The van der Waals surface area contributed by atoms with Crippen molar-refractivity contribution >= 4 is 40.2 Å².